The first kappa shape index (κ1) is 23.8. The minimum absolute atomic E-state index is 0.0589. The van der Waals surface area contributed by atoms with Crippen LogP contribution in [0.5, 0.6) is 0 Å². The summed E-state index contributed by atoms with van der Waals surface area (Å²) in [5.74, 6) is -0.848. The number of pyridine rings is 1. The summed E-state index contributed by atoms with van der Waals surface area (Å²) in [6, 6.07) is 3.00. The van der Waals surface area contributed by atoms with Crippen LogP contribution in [0.1, 0.15) is 38.2 Å². The second-order valence-electron chi connectivity index (χ2n) is 8.23. The van der Waals surface area contributed by atoms with Crippen molar-refractivity contribution in [3.8, 4) is 17.3 Å². The average molecular weight is 473 g/mol. The summed E-state index contributed by atoms with van der Waals surface area (Å²) in [7, 11) is 0. The quantitative estimate of drug-likeness (QED) is 0.270. The lowest BCUT2D eigenvalue weighted by Gasteiger charge is -2.30. The average Bonchev–Trinajstić information content (AvgIpc) is 3.30. The van der Waals surface area contributed by atoms with Crippen molar-refractivity contribution >= 4 is 29.5 Å². The van der Waals surface area contributed by atoms with E-state index in [0.29, 0.717) is 28.7 Å². The first-order valence-electron chi connectivity index (χ1n) is 11.3. The number of anilines is 1. The van der Waals surface area contributed by atoms with Crippen LogP contribution in [0.4, 0.5) is 10.2 Å². The fraction of sp³-hybridized carbons (Fsp3) is 0.280. The predicted octanol–water partition coefficient (Wildman–Crippen LogP) is 4.03. The summed E-state index contributed by atoms with van der Waals surface area (Å²) in [5, 5.41) is 16.4. The van der Waals surface area contributed by atoms with Gasteiger partial charge in [0.1, 0.15) is 23.7 Å². The smallest absolute Gasteiger partial charge is 0.270 e. The summed E-state index contributed by atoms with van der Waals surface area (Å²) in [5.41, 5.74) is 1.91. The number of halogens is 1. The van der Waals surface area contributed by atoms with Crippen molar-refractivity contribution < 1.29 is 9.18 Å². The maximum Gasteiger partial charge on any atom is 0.270 e. The van der Waals surface area contributed by atoms with Gasteiger partial charge in [-0.25, -0.2) is 19.3 Å². The molecular weight excluding hydrogens is 447 g/mol. The number of fused-ring (bicyclic) bond motifs is 1. The number of allylic oxidation sites excluding steroid dienone is 3. The zero-order valence-corrected chi connectivity index (χ0v) is 19.3. The molecule has 0 aliphatic heterocycles. The monoisotopic (exact) mass is 472 g/mol. The minimum atomic E-state index is -0.611. The molecule has 1 aliphatic carbocycles. The summed E-state index contributed by atoms with van der Waals surface area (Å²) in [4.78, 5) is 32.0. The van der Waals surface area contributed by atoms with E-state index in [1.54, 1.807) is 30.6 Å². The van der Waals surface area contributed by atoms with Crippen LogP contribution in [-0.2, 0) is 4.79 Å². The summed E-state index contributed by atoms with van der Waals surface area (Å²) < 4.78 is 14.9. The lowest BCUT2D eigenvalue weighted by molar-refractivity contribution is -0.118. The number of nitrogens with zero attached hydrogens (tertiary/aromatic N) is 5. The summed E-state index contributed by atoms with van der Waals surface area (Å²) in [6.07, 6.45) is 12.9. The molecule has 0 bridgehead atoms. The molecule has 1 saturated carbocycles. The molecule has 3 N–H and O–H groups in total. The van der Waals surface area contributed by atoms with Crippen LogP contribution >= 0.6 is 0 Å². The van der Waals surface area contributed by atoms with Crippen LogP contribution in [0, 0.1) is 17.1 Å². The fourth-order valence-corrected chi connectivity index (χ4v) is 4.23. The molecule has 10 heteroatoms. The Hall–Kier alpha value is -4.39. The highest BCUT2D eigenvalue weighted by molar-refractivity contribution is 5.94. The number of rotatable bonds is 7. The van der Waals surface area contributed by atoms with Crippen LogP contribution in [0.3, 0.4) is 0 Å². The molecule has 1 fully saturated rings. The Labute approximate surface area is 201 Å². The topological polar surface area (TPSA) is 132 Å². The van der Waals surface area contributed by atoms with Gasteiger partial charge in [-0.2, -0.15) is 5.26 Å². The van der Waals surface area contributed by atoms with E-state index >= 15 is 0 Å². The second-order valence-corrected chi connectivity index (χ2v) is 8.23. The van der Waals surface area contributed by atoms with E-state index in [1.165, 1.54) is 12.4 Å². The Morgan fingerprint density at radius 2 is 2.23 bits per heavy atom. The van der Waals surface area contributed by atoms with Gasteiger partial charge in [-0.05, 0) is 51.5 Å². The number of H-pyrrole nitrogens is 1. The van der Waals surface area contributed by atoms with Crippen molar-refractivity contribution in [2.75, 3.05) is 5.32 Å². The van der Waals surface area contributed by atoms with Crippen molar-refractivity contribution in [2.45, 2.75) is 44.7 Å². The molecule has 35 heavy (non-hydrogen) atoms. The van der Waals surface area contributed by atoms with E-state index in [-0.39, 0.29) is 35.1 Å². The molecular formula is C25H25FN8O. The first-order valence-corrected chi connectivity index (χ1v) is 11.3. The number of aromatic amines is 1. The normalized spacial score (nSPS) is 18.4. The Morgan fingerprint density at radius 1 is 1.40 bits per heavy atom. The molecule has 1 aliphatic rings. The predicted molar refractivity (Wildman–Crippen MR) is 132 cm³/mol. The lowest BCUT2D eigenvalue weighted by atomic mass is 9.90. The van der Waals surface area contributed by atoms with E-state index < -0.39 is 5.82 Å². The van der Waals surface area contributed by atoms with Crippen LogP contribution in [-0.4, -0.2) is 44.6 Å². The van der Waals surface area contributed by atoms with Gasteiger partial charge in [0.25, 0.3) is 5.91 Å². The van der Waals surface area contributed by atoms with E-state index in [0.717, 1.165) is 19.3 Å². The third kappa shape index (κ3) is 5.24. The molecule has 1 amide bonds. The number of aliphatic imine (C=N–C) groups is 1. The van der Waals surface area contributed by atoms with Gasteiger partial charge in [0.05, 0.1) is 11.3 Å². The molecule has 0 radical (unpaired) electrons. The maximum absolute atomic E-state index is 14.9. The van der Waals surface area contributed by atoms with Crippen LogP contribution < -0.4 is 10.6 Å². The fourth-order valence-electron chi connectivity index (χ4n) is 4.23. The standard InChI is InChI=1S/C25H25FN8O/c1-3-4-8-21(28-2)25(35)33-17-7-5-6-16(10-17)32-24-20(26)9-15(11-27)22(34-24)18-13-30-23-19(18)12-29-14-31-23/h3-4,8-9,12-14,16-17H,2,5-7,10H2,1H3,(H,32,34)(H,33,35)(H,29,30,31)/b4-3-,21-8-/t16-,17+/m1/s1. The van der Waals surface area contributed by atoms with Crippen molar-refractivity contribution in [2.24, 2.45) is 4.99 Å². The van der Waals surface area contributed by atoms with Gasteiger partial charge in [0, 0.05) is 35.4 Å². The molecule has 0 spiro atoms. The van der Waals surface area contributed by atoms with E-state index in [9.17, 15) is 14.4 Å². The van der Waals surface area contributed by atoms with Crippen molar-refractivity contribution in [3.63, 3.8) is 0 Å². The molecule has 0 unspecified atom stereocenters. The Bertz CT molecular complexity index is 1350. The van der Waals surface area contributed by atoms with E-state index in [1.807, 2.05) is 13.0 Å². The highest BCUT2D eigenvalue weighted by Crippen LogP contribution is 2.31. The number of carbonyl (C=O) groups excluding carboxylic acids is 1. The van der Waals surface area contributed by atoms with E-state index in [4.69, 9.17) is 0 Å². The van der Waals surface area contributed by atoms with Crippen LogP contribution in [0.2, 0.25) is 0 Å². The second kappa shape index (κ2) is 10.7. The number of nitriles is 1. The molecule has 4 rings (SSSR count). The highest BCUT2D eigenvalue weighted by Gasteiger charge is 2.26. The van der Waals surface area contributed by atoms with Gasteiger partial charge in [-0.15, -0.1) is 0 Å². The third-order valence-electron chi connectivity index (χ3n) is 5.91. The molecule has 3 aromatic rings. The Kier molecular flexibility index (Phi) is 7.26. The van der Waals surface area contributed by atoms with Gasteiger partial charge < -0.3 is 15.6 Å². The molecule has 2 atom stereocenters. The zero-order chi connectivity index (χ0) is 24.8. The SMILES string of the molecule is C=N/C(=C\C=C/C)C(=O)N[C@H]1CCC[C@@H](Nc2nc(-c3c[nH]c4ncncc34)c(C#N)cc2F)C1. The minimum Gasteiger partial charge on any atom is -0.365 e. The van der Waals surface area contributed by atoms with E-state index in [2.05, 4.69) is 42.3 Å². The van der Waals surface area contributed by atoms with Crippen molar-refractivity contribution in [3.05, 3.63) is 60.1 Å². The number of amides is 1. The maximum atomic E-state index is 14.9. The van der Waals surface area contributed by atoms with Gasteiger partial charge in [-0.3, -0.25) is 9.79 Å². The molecule has 3 heterocycles. The Balaban J connectivity index is 1.54. The molecule has 0 aromatic carbocycles. The third-order valence-corrected chi connectivity index (χ3v) is 5.91. The number of nitrogens with one attached hydrogen (secondary N) is 3. The van der Waals surface area contributed by atoms with Gasteiger partial charge in [0.2, 0.25) is 0 Å². The molecule has 9 nitrogen and oxygen atoms in total. The zero-order valence-electron chi connectivity index (χ0n) is 19.3. The van der Waals surface area contributed by atoms with Gasteiger partial charge in [0.15, 0.2) is 11.6 Å². The van der Waals surface area contributed by atoms with Gasteiger partial charge >= 0.3 is 0 Å². The van der Waals surface area contributed by atoms with Crippen LogP contribution in [0.15, 0.2) is 53.7 Å². The number of hydrogen-bond acceptors (Lipinski definition) is 7. The largest absolute Gasteiger partial charge is 0.365 e. The highest BCUT2D eigenvalue weighted by atomic mass is 19.1. The van der Waals surface area contributed by atoms with Crippen LogP contribution in [0.25, 0.3) is 22.3 Å². The van der Waals surface area contributed by atoms with Crippen molar-refractivity contribution in [1.82, 2.24) is 25.3 Å². The summed E-state index contributed by atoms with van der Waals surface area (Å²) >= 11 is 0. The molecule has 178 valence electrons. The Morgan fingerprint density at radius 3 is 3.00 bits per heavy atom. The number of aromatic nitrogens is 4. The number of hydrogen-bond donors (Lipinski definition) is 3. The summed E-state index contributed by atoms with van der Waals surface area (Å²) in [6.45, 7) is 5.31. The van der Waals surface area contributed by atoms with Gasteiger partial charge in [-0.1, -0.05) is 12.2 Å². The molecule has 0 saturated heterocycles. The molecule has 3 aromatic heterocycles. The first-order chi connectivity index (χ1) is 17.0. The number of carbonyl (C=O) groups is 1. The van der Waals surface area contributed by atoms with Crippen molar-refractivity contribution in [1.29, 1.82) is 5.26 Å². The lowest BCUT2D eigenvalue weighted by Crippen LogP contribution is -2.42.